The fraction of sp³-hybridized carbons (Fsp3) is 0.773. The number of carbonyl (C=O) groups is 3. The van der Waals surface area contributed by atoms with Crippen LogP contribution in [0.1, 0.15) is 310 Å². The first-order chi connectivity index (χ1) is 35.5. The zero-order chi connectivity index (χ0) is 52.2. The van der Waals surface area contributed by atoms with E-state index in [0.29, 0.717) is 19.3 Å². The standard InChI is InChI=1S/C66H116O6/c1-4-7-10-13-16-19-22-25-27-29-31-32-33-34-36-37-39-41-44-47-50-53-56-59-65(68)71-62-63(61-70-64(67)58-55-52-49-46-43-24-21-18-15-12-9-6-3)72-66(69)60-57-54-51-48-45-42-40-38-35-30-28-26-23-20-17-14-11-8-5-2/h17-18,20-22,25-26,28-29,31,33-34,63H,4-16,19,23-24,27,30,32,35-62H2,1-3H3/b20-17-,21-18-,25-22-,28-26-,31-29-,34-33-. The molecule has 1 atom stereocenters. The van der Waals surface area contributed by atoms with Crippen LogP contribution in [-0.2, 0) is 28.6 Å². The molecule has 0 aromatic rings. The molecule has 0 saturated carbocycles. The number of carbonyl (C=O) groups excluding carboxylic acids is 3. The second-order valence-electron chi connectivity index (χ2n) is 20.6. The fourth-order valence-corrected chi connectivity index (χ4v) is 8.71. The van der Waals surface area contributed by atoms with Crippen molar-refractivity contribution in [3.63, 3.8) is 0 Å². The SMILES string of the molecule is CCCCC/C=C\C/C=C\CCCCCCCCCCCC(=O)OC(COC(=O)CCCCCCC/C=C\CCCCC)COC(=O)CCCCCCCCCC/C=C\C/C=C\C/C=C\CCCCCCC. The smallest absolute Gasteiger partial charge is 0.306 e. The molecular formula is C66H116O6. The number of rotatable bonds is 56. The van der Waals surface area contributed by atoms with Crippen LogP contribution in [0.2, 0.25) is 0 Å². The summed E-state index contributed by atoms with van der Waals surface area (Å²) in [5.41, 5.74) is 0. The van der Waals surface area contributed by atoms with Crippen molar-refractivity contribution in [3.8, 4) is 0 Å². The van der Waals surface area contributed by atoms with Crippen molar-refractivity contribution in [1.29, 1.82) is 0 Å². The van der Waals surface area contributed by atoms with Crippen LogP contribution in [0.25, 0.3) is 0 Å². The lowest BCUT2D eigenvalue weighted by Gasteiger charge is -2.18. The van der Waals surface area contributed by atoms with Gasteiger partial charge in [0, 0.05) is 19.3 Å². The topological polar surface area (TPSA) is 78.9 Å². The van der Waals surface area contributed by atoms with Crippen LogP contribution in [-0.4, -0.2) is 37.2 Å². The average molecular weight is 1010 g/mol. The lowest BCUT2D eigenvalue weighted by atomic mass is 10.1. The average Bonchev–Trinajstić information content (AvgIpc) is 3.38. The Hall–Kier alpha value is -3.15. The van der Waals surface area contributed by atoms with Crippen LogP contribution in [0, 0.1) is 0 Å². The van der Waals surface area contributed by atoms with Crippen LogP contribution in [0.15, 0.2) is 72.9 Å². The van der Waals surface area contributed by atoms with Gasteiger partial charge in [0.1, 0.15) is 13.2 Å². The Bertz CT molecular complexity index is 1340. The van der Waals surface area contributed by atoms with E-state index < -0.39 is 6.10 Å². The Balaban J connectivity index is 4.34. The molecule has 0 saturated heterocycles. The van der Waals surface area contributed by atoms with E-state index in [1.165, 1.54) is 180 Å². The maximum atomic E-state index is 12.9. The van der Waals surface area contributed by atoms with Crippen LogP contribution >= 0.6 is 0 Å². The molecule has 0 aliphatic carbocycles. The number of allylic oxidation sites excluding steroid dienone is 12. The Morgan fingerprint density at radius 1 is 0.278 bits per heavy atom. The normalized spacial score (nSPS) is 12.5. The molecule has 0 aliphatic heterocycles. The van der Waals surface area contributed by atoms with Crippen molar-refractivity contribution >= 4 is 17.9 Å². The molecule has 0 bridgehead atoms. The highest BCUT2D eigenvalue weighted by Crippen LogP contribution is 2.16. The molecule has 6 nitrogen and oxygen atoms in total. The summed E-state index contributed by atoms with van der Waals surface area (Å²) in [7, 11) is 0. The van der Waals surface area contributed by atoms with E-state index in [-0.39, 0.29) is 31.1 Å². The molecule has 0 aromatic heterocycles. The lowest BCUT2D eigenvalue weighted by Crippen LogP contribution is -2.30. The first kappa shape index (κ1) is 68.8. The zero-order valence-corrected chi connectivity index (χ0v) is 47.7. The third-order valence-corrected chi connectivity index (χ3v) is 13.4. The molecule has 72 heavy (non-hydrogen) atoms. The number of hydrogen-bond donors (Lipinski definition) is 0. The van der Waals surface area contributed by atoms with E-state index in [0.717, 1.165) is 89.9 Å². The molecule has 0 amide bonds. The summed E-state index contributed by atoms with van der Waals surface area (Å²) in [5.74, 6) is -0.892. The first-order valence-corrected chi connectivity index (χ1v) is 30.9. The second kappa shape index (κ2) is 60.4. The van der Waals surface area contributed by atoms with Crippen LogP contribution in [0.5, 0.6) is 0 Å². The summed E-state index contributed by atoms with van der Waals surface area (Å²) in [6.45, 7) is 6.59. The molecule has 0 rings (SSSR count). The Morgan fingerprint density at radius 2 is 0.500 bits per heavy atom. The van der Waals surface area contributed by atoms with Gasteiger partial charge in [-0.2, -0.15) is 0 Å². The van der Waals surface area contributed by atoms with Crippen molar-refractivity contribution in [2.75, 3.05) is 13.2 Å². The van der Waals surface area contributed by atoms with E-state index in [1.807, 2.05) is 0 Å². The van der Waals surface area contributed by atoms with Gasteiger partial charge >= 0.3 is 17.9 Å². The molecule has 0 aliphatic rings. The highest BCUT2D eigenvalue weighted by molar-refractivity contribution is 5.71. The minimum atomic E-state index is -0.785. The third-order valence-electron chi connectivity index (χ3n) is 13.4. The van der Waals surface area contributed by atoms with Gasteiger partial charge in [-0.1, -0.05) is 248 Å². The number of esters is 3. The van der Waals surface area contributed by atoms with Gasteiger partial charge in [-0.25, -0.2) is 0 Å². The van der Waals surface area contributed by atoms with Crippen molar-refractivity contribution in [3.05, 3.63) is 72.9 Å². The molecule has 0 radical (unpaired) electrons. The van der Waals surface area contributed by atoms with Gasteiger partial charge < -0.3 is 14.2 Å². The van der Waals surface area contributed by atoms with Crippen molar-refractivity contribution in [2.24, 2.45) is 0 Å². The maximum absolute atomic E-state index is 12.9. The highest BCUT2D eigenvalue weighted by atomic mass is 16.6. The fourth-order valence-electron chi connectivity index (χ4n) is 8.71. The van der Waals surface area contributed by atoms with Crippen LogP contribution in [0.3, 0.4) is 0 Å². The highest BCUT2D eigenvalue weighted by Gasteiger charge is 2.19. The zero-order valence-electron chi connectivity index (χ0n) is 47.7. The van der Waals surface area contributed by atoms with Gasteiger partial charge in [-0.15, -0.1) is 0 Å². The first-order valence-electron chi connectivity index (χ1n) is 30.9. The molecule has 1 unspecified atom stereocenters. The summed E-state index contributed by atoms with van der Waals surface area (Å²) in [6.07, 6.45) is 77.5. The van der Waals surface area contributed by atoms with Gasteiger partial charge in [0.25, 0.3) is 0 Å². The minimum Gasteiger partial charge on any atom is -0.462 e. The van der Waals surface area contributed by atoms with Crippen molar-refractivity contribution < 1.29 is 28.6 Å². The lowest BCUT2D eigenvalue weighted by molar-refractivity contribution is -0.167. The van der Waals surface area contributed by atoms with Crippen molar-refractivity contribution in [1.82, 2.24) is 0 Å². The van der Waals surface area contributed by atoms with Gasteiger partial charge in [0.2, 0.25) is 0 Å². The molecule has 0 fully saturated rings. The molecular weight excluding hydrogens is 889 g/mol. The number of hydrogen-bond acceptors (Lipinski definition) is 6. The van der Waals surface area contributed by atoms with E-state index in [2.05, 4.69) is 93.7 Å². The van der Waals surface area contributed by atoms with Crippen molar-refractivity contribution in [2.45, 2.75) is 316 Å². The Labute approximate surface area is 446 Å². The maximum Gasteiger partial charge on any atom is 0.306 e. The predicted octanol–water partition coefficient (Wildman–Crippen LogP) is 20.9. The van der Waals surface area contributed by atoms with E-state index in [9.17, 15) is 14.4 Å². The molecule has 0 N–H and O–H groups in total. The third kappa shape index (κ3) is 57.7. The molecule has 0 spiro atoms. The Morgan fingerprint density at radius 3 is 0.819 bits per heavy atom. The summed E-state index contributed by atoms with van der Waals surface area (Å²) in [6, 6.07) is 0. The van der Waals surface area contributed by atoms with Crippen LogP contribution < -0.4 is 0 Å². The van der Waals surface area contributed by atoms with Crippen LogP contribution in [0.4, 0.5) is 0 Å². The molecule has 6 heteroatoms. The van der Waals surface area contributed by atoms with Gasteiger partial charge in [0.15, 0.2) is 6.10 Å². The largest absolute Gasteiger partial charge is 0.462 e. The molecule has 0 aromatic carbocycles. The van der Waals surface area contributed by atoms with E-state index in [1.54, 1.807) is 0 Å². The Kier molecular flexibility index (Phi) is 57.8. The quantitative estimate of drug-likeness (QED) is 0.0261. The summed E-state index contributed by atoms with van der Waals surface area (Å²) >= 11 is 0. The monoisotopic (exact) mass is 1000 g/mol. The number of unbranched alkanes of at least 4 members (excludes halogenated alkanes) is 33. The molecule has 0 heterocycles. The van der Waals surface area contributed by atoms with Gasteiger partial charge in [0.05, 0.1) is 0 Å². The molecule has 416 valence electrons. The summed E-state index contributed by atoms with van der Waals surface area (Å²) in [4.78, 5) is 38.2. The van der Waals surface area contributed by atoms with E-state index in [4.69, 9.17) is 14.2 Å². The van der Waals surface area contributed by atoms with E-state index >= 15 is 0 Å². The van der Waals surface area contributed by atoms with Gasteiger partial charge in [-0.05, 0) is 116 Å². The second-order valence-corrected chi connectivity index (χ2v) is 20.6. The number of ether oxygens (including phenoxy) is 3. The summed E-state index contributed by atoms with van der Waals surface area (Å²) in [5, 5.41) is 0. The minimum absolute atomic E-state index is 0.0828. The summed E-state index contributed by atoms with van der Waals surface area (Å²) < 4.78 is 16.9. The van der Waals surface area contributed by atoms with Gasteiger partial charge in [-0.3, -0.25) is 14.4 Å². The predicted molar refractivity (Wildman–Crippen MR) is 311 cm³/mol.